The van der Waals surface area contributed by atoms with Gasteiger partial charge in [0, 0.05) is 51.6 Å². The fraction of sp³-hybridized carbons (Fsp3) is 0.396. The molecule has 61 heavy (non-hydrogen) atoms. The molecule has 6 aliphatic rings. The number of aryl methyl sites for hydroxylation is 1. The smallest absolute Gasteiger partial charge is 0.262 e. The van der Waals surface area contributed by atoms with E-state index in [1.165, 1.54) is 12.1 Å². The van der Waals surface area contributed by atoms with Gasteiger partial charge in [0.25, 0.3) is 11.8 Å². The van der Waals surface area contributed by atoms with Gasteiger partial charge in [-0.3, -0.25) is 39.1 Å². The molecule has 2 N–H and O–H groups in total. The van der Waals surface area contributed by atoms with Crippen molar-refractivity contribution in [2.75, 3.05) is 37.6 Å². The van der Waals surface area contributed by atoms with E-state index in [1.54, 1.807) is 24.3 Å². The van der Waals surface area contributed by atoms with Gasteiger partial charge in [-0.1, -0.05) is 36.4 Å². The number of aromatic hydroxyl groups is 1. The summed E-state index contributed by atoms with van der Waals surface area (Å²) in [5.41, 5.74) is 5.91. The molecule has 3 saturated heterocycles. The minimum Gasteiger partial charge on any atom is -0.508 e. The van der Waals surface area contributed by atoms with Gasteiger partial charge in [0.05, 0.1) is 17.7 Å². The van der Waals surface area contributed by atoms with Gasteiger partial charge in [0.15, 0.2) is 0 Å². The first-order chi connectivity index (χ1) is 29.4. The van der Waals surface area contributed by atoms with E-state index in [2.05, 4.69) is 17.4 Å². The third-order valence-electron chi connectivity index (χ3n) is 14.4. The topological polar surface area (TPSA) is 131 Å². The van der Waals surface area contributed by atoms with E-state index in [1.807, 2.05) is 39.0 Å². The molecule has 3 atom stereocenters. The molecule has 5 aliphatic heterocycles. The molecule has 0 radical (unpaired) electrons. The predicted molar refractivity (Wildman–Crippen MR) is 221 cm³/mol. The maximum atomic E-state index is 16.2. The van der Waals surface area contributed by atoms with Crippen molar-refractivity contribution in [3.63, 3.8) is 0 Å². The van der Waals surface area contributed by atoms with Gasteiger partial charge in [0.1, 0.15) is 29.1 Å². The average Bonchev–Trinajstić information content (AvgIpc) is 3.75. The molecule has 4 aromatic carbocycles. The largest absolute Gasteiger partial charge is 0.508 e. The Morgan fingerprint density at radius 1 is 0.738 bits per heavy atom. The molecule has 0 saturated carbocycles. The molecule has 13 heteroatoms. The van der Waals surface area contributed by atoms with Gasteiger partial charge in [-0.05, 0) is 126 Å². The molecule has 5 amide bonds. The molecular formula is C48H47F2N5O6. The molecule has 5 heterocycles. The van der Waals surface area contributed by atoms with Gasteiger partial charge in [-0.15, -0.1) is 0 Å². The number of piperidine rings is 3. The van der Waals surface area contributed by atoms with Crippen LogP contribution in [-0.4, -0.2) is 88.1 Å². The second-order valence-electron chi connectivity index (χ2n) is 17.9. The lowest BCUT2D eigenvalue weighted by Gasteiger charge is -2.47. The van der Waals surface area contributed by atoms with Gasteiger partial charge in [-0.2, -0.15) is 0 Å². The number of carbonyl (C=O) groups is 5. The third-order valence-corrected chi connectivity index (χ3v) is 14.4. The third kappa shape index (κ3) is 6.96. The zero-order valence-electron chi connectivity index (χ0n) is 33.8. The number of phenolic OH excluding ortho intramolecular Hbond substituents is 1. The quantitative estimate of drug-likeness (QED) is 0.221. The molecular weight excluding hydrogens is 781 g/mol. The van der Waals surface area contributed by atoms with E-state index >= 15 is 8.78 Å². The summed E-state index contributed by atoms with van der Waals surface area (Å²) < 4.78 is 32.5. The van der Waals surface area contributed by atoms with Crippen LogP contribution in [-0.2, 0) is 33.9 Å². The summed E-state index contributed by atoms with van der Waals surface area (Å²) in [6.07, 6.45) is 4.89. The summed E-state index contributed by atoms with van der Waals surface area (Å²) in [6, 6.07) is 20.8. The molecule has 4 aromatic rings. The number of phenols is 1. The zero-order chi connectivity index (χ0) is 42.2. The van der Waals surface area contributed by atoms with Crippen molar-refractivity contribution in [3.05, 3.63) is 129 Å². The molecule has 0 bridgehead atoms. The number of hydrogen-bond acceptors (Lipinski definition) is 8. The van der Waals surface area contributed by atoms with Crippen LogP contribution in [0.5, 0.6) is 5.75 Å². The van der Waals surface area contributed by atoms with E-state index in [0.29, 0.717) is 44.8 Å². The molecule has 10 rings (SSSR count). The highest BCUT2D eigenvalue weighted by Gasteiger charge is 2.46. The van der Waals surface area contributed by atoms with Crippen LogP contribution in [0.2, 0.25) is 0 Å². The SMILES string of the molecule is O=C1CC[C@@H](N2C(=O)c3cc4c(cc3C2=O)CN(CC(=O)N2CCC3(CC2)CCN(c2c(F)cc([C@@H]5c6ccc(O)cc6CC[C@@H]5c5ccccc5)cc2F)CC3)C4)C(=O)N1. The first-order valence-corrected chi connectivity index (χ1v) is 21.4. The van der Waals surface area contributed by atoms with E-state index in [0.717, 1.165) is 71.2 Å². The monoisotopic (exact) mass is 827 g/mol. The lowest BCUT2D eigenvalue weighted by Crippen LogP contribution is -2.54. The molecule has 0 aromatic heterocycles. The molecule has 1 aliphatic carbocycles. The summed E-state index contributed by atoms with van der Waals surface area (Å²) in [5, 5.41) is 12.4. The van der Waals surface area contributed by atoms with Crippen molar-refractivity contribution in [2.45, 2.75) is 82.3 Å². The number of fused-ring (bicyclic) bond motifs is 3. The summed E-state index contributed by atoms with van der Waals surface area (Å²) in [7, 11) is 0. The van der Waals surface area contributed by atoms with Crippen LogP contribution in [0.4, 0.5) is 14.5 Å². The number of anilines is 1. The van der Waals surface area contributed by atoms with Crippen molar-refractivity contribution >= 4 is 35.2 Å². The van der Waals surface area contributed by atoms with Crippen molar-refractivity contribution in [3.8, 4) is 5.75 Å². The van der Waals surface area contributed by atoms with Crippen LogP contribution in [0.25, 0.3) is 0 Å². The molecule has 314 valence electrons. The van der Waals surface area contributed by atoms with Crippen molar-refractivity contribution in [1.82, 2.24) is 20.0 Å². The summed E-state index contributed by atoms with van der Waals surface area (Å²) in [4.78, 5) is 71.1. The maximum absolute atomic E-state index is 16.2. The normalized spacial score (nSPS) is 23.6. The Labute approximate surface area is 352 Å². The zero-order valence-corrected chi connectivity index (χ0v) is 33.8. The number of nitrogens with zero attached hydrogens (tertiary/aromatic N) is 4. The maximum Gasteiger partial charge on any atom is 0.262 e. The minimum absolute atomic E-state index is 0.00826. The highest BCUT2D eigenvalue weighted by molar-refractivity contribution is 6.23. The van der Waals surface area contributed by atoms with Crippen molar-refractivity contribution < 1.29 is 37.9 Å². The highest BCUT2D eigenvalue weighted by Crippen LogP contribution is 2.49. The summed E-state index contributed by atoms with van der Waals surface area (Å²) in [5.74, 6) is -3.32. The molecule has 0 unspecified atom stereocenters. The predicted octanol–water partition coefficient (Wildman–Crippen LogP) is 6.16. The van der Waals surface area contributed by atoms with Crippen LogP contribution in [0.1, 0.15) is 111 Å². The first-order valence-electron chi connectivity index (χ1n) is 21.4. The van der Waals surface area contributed by atoms with E-state index in [-0.39, 0.29) is 65.1 Å². The number of amides is 5. The number of nitrogens with one attached hydrogen (secondary N) is 1. The molecule has 11 nitrogen and oxygen atoms in total. The number of carbonyl (C=O) groups excluding carboxylic acids is 5. The number of imide groups is 2. The molecule has 3 fully saturated rings. The average molecular weight is 828 g/mol. The Kier molecular flexibility index (Phi) is 9.77. The van der Waals surface area contributed by atoms with Gasteiger partial charge >= 0.3 is 0 Å². The number of rotatable bonds is 6. The van der Waals surface area contributed by atoms with Gasteiger partial charge < -0.3 is 14.9 Å². The number of halogens is 2. The van der Waals surface area contributed by atoms with Crippen LogP contribution < -0.4 is 10.2 Å². The van der Waals surface area contributed by atoms with Gasteiger partial charge in [0.2, 0.25) is 17.7 Å². The van der Waals surface area contributed by atoms with Gasteiger partial charge in [-0.25, -0.2) is 8.78 Å². The van der Waals surface area contributed by atoms with Crippen LogP contribution in [0.15, 0.2) is 72.8 Å². The Bertz CT molecular complexity index is 2430. The van der Waals surface area contributed by atoms with E-state index in [4.69, 9.17) is 0 Å². The number of hydrogen-bond donors (Lipinski definition) is 2. The Balaban J connectivity index is 0.755. The van der Waals surface area contributed by atoms with E-state index in [9.17, 15) is 29.1 Å². The highest BCUT2D eigenvalue weighted by atomic mass is 19.1. The van der Waals surface area contributed by atoms with Crippen molar-refractivity contribution in [1.29, 1.82) is 0 Å². The lowest BCUT2D eigenvalue weighted by atomic mass is 9.69. The Hall–Kier alpha value is -5.95. The summed E-state index contributed by atoms with van der Waals surface area (Å²) in [6.45, 7) is 3.34. The van der Waals surface area contributed by atoms with Crippen LogP contribution in [0, 0.1) is 17.0 Å². The minimum atomic E-state index is -1.02. The summed E-state index contributed by atoms with van der Waals surface area (Å²) >= 11 is 0. The molecule has 1 spiro atoms. The Morgan fingerprint density at radius 3 is 2.02 bits per heavy atom. The lowest BCUT2D eigenvalue weighted by molar-refractivity contribution is -0.137. The number of likely N-dealkylation sites (tertiary alicyclic amines) is 1. The van der Waals surface area contributed by atoms with Crippen molar-refractivity contribution in [2.24, 2.45) is 5.41 Å². The first kappa shape index (κ1) is 39.2. The second kappa shape index (κ2) is 15.2. The number of benzene rings is 4. The van der Waals surface area contributed by atoms with Crippen LogP contribution in [0.3, 0.4) is 0 Å². The Morgan fingerprint density at radius 2 is 1.38 bits per heavy atom. The van der Waals surface area contributed by atoms with E-state index < -0.39 is 41.3 Å². The standard InChI is InChI=1S/C48H47F2N5O6/c49-38-23-30(43-34(28-4-2-1-3-5-28)8-6-29-20-33(56)7-9-35(29)43)24-39(50)44(38)54-18-14-48(15-19-54)12-16-53(17-13-48)42(58)27-52-25-31-21-36-37(22-32(31)26-52)47(61)55(46(36)60)40-10-11-41(57)51-45(40)59/h1-5,7,9,20-24,34,40,43,56H,6,8,10-19,25-27H2,(H,51,57,59)/t34-,40-,43+/m1/s1. The fourth-order valence-corrected chi connectivity index (χ4v) is 11.1. The fourth-order valence-electron chi connectivity index (χ4n) is 11.1. The second-order valence-corrected chi connectivity index (χ2v) is 17.9. The van der Waals surface area contributed by atoms with Crippen LogP contribution >= 0.6 is 0 Å².